The van der Waals surface area contributed by atoms with Crippen LogP contribution in [0.3, 0.4) is 0 Å². The number of thioether (sulfide) groups is 1. The third-order valence-corrected chi connectivity index (χ3v) is 4.04. The standard InChI is InChI=1S/C12H14BrN3OS/c1-16-7-10(14-15-16)6-11(17)8-18-12-4-2-9(13)3-5-12/h2-5,7,11,17H,6,8H2,1H3. The summed E-state index contributed by atoms with van der Waals surface area (Å²) in [6.45, 7) is 0. The van der Waals surface area contributed by atoms with Crippen molar-refractivity contribution in [1.29, 1.82) is 0 Å². The van der Waals surface area contributed by atoms with Crippen LogP contribution in [-0.4, -0.2) is 32.0 Å². The van der Waals surface area contributed by atoms with Gasteiger partial charge in [0.15, 0.2) is 0 Å². The predicted molar refractivity (Wildman–Crippen MR) is 75.6 cm³/mol. The largest absolute Gasteiger partial charge is 0.392 e. The number of aliphatic hydroxyl groups is 1. The molecule has 0 aliphatic heterocycles. The molecule has 1 heterocycles. The molecule has 0 aliphatic carbocycles. The van der Waals surface area contributed by atoms with E-state index in [1.807, 2.05) is 37.5 Å². The van der Waals surface area contributed by atoms with Crippen molar-refractivity contribution in [2.75, 3.05) is 5.75 Å². The molecule has 2 rings (SSSR count). The maximum Gasteiger partial charge on any atom is 0.0853 e. The lowest BCUT2D eigenvalue weighted by Crippen LogP contribution is -2.13. The molecular weight excluding hydrogens is 314 g/mol. The number of nitrogens with zero attached hydrogens (tertiary/aromatic N) is 3. The molecule has 0 bridgehead atoms. The van der Waals surface area contributed by atoms with Crippen LogP contribution in [0.4, 0.5) is 0 Å². The van der Waals surface area contributed by atoms with Crippen molar-refractivity contribution in [1.82, 2.24) is 15.0 Å². The average Bonchev–Trinajstić information content (AvgIpc) is 2.74. The summed E-state index contributed by atoms with van der Waals surface area (Å²) >= 11 is 5.03. The van der Waals surface area contributed by atoms with E-state index in [1.165, 1.54) is 0 Å². The minimum atomic E-state index is -0.407. The Hall–Kier alpha value is -0.850. The molecular formula is C12H14BrN3OS. The van der Waals surface area contributed by atoms with E-state index >= 15 is 0 Å². The summed E-state index contributed by atoms with van der Waals surface area (Å²) in [6, 6.07) is 8.06. The van der Waals surface area contributed by atoms with Gasteiger partial charge in [0.1, 0.15) is 0 Å². The van der Waals surface area contributed by atoms with Gasteiger partial charge in [-0.1, -0.05) is 21.1 Å². The molecule has 6 heteroatoms. The molecule has 96 valence electrons. The van der Waals surface area contributed by atoms with Gasteiger partial charge in [0.05, 0.1) is 11.8 Å². The maximum absolute atomic E-state index is 9.92. The van der Waals surface area contributed by atoms with Crippen LogP contribution in [0.15, 0.2) is 39.8 Å². The van der Waals surface area contributed by atoms with Crippen LogP contribution in [0.1, 0.15) is 5.69 Å². The second-order valence-corrected chi connectivity index (χ2v) is 6.02. The monoisotopic (exact) mass is 327 g/mol. The molecule has 0 aliphatic rings. The molecule has 0 saturated heterocycles. The lowest BCUT2D eigenvalue weighted by molar-refractivity contribution is 0.199. The molecule has 0 amide bonds. The maximum atomic E-state index is 9.92. The Morgan fingerprint density at radius 3 is 2.72 bits per heavy atom. The first kappa shape index (κ1) is 13.6. The second-order valence-electron chi connectivity index (χ2n) is 4.01. The van der Waals surface area contributed by atoms with E-state index in [2.05, 4.69) is 26.2 Å². The molecule has 2 aromatic rings. The Kier molecular flexibility index (Phi) is 4.79. The number of hydrogen-bond donors (Lipinski definition) is 1. The Morgan fingerprint density at radius 2 is 2.11 bits per heavy atom. The van der Waals surface area contributed by atoms with Gasteiger partial charge in [-0.3, -0.25) is 4.68 Å². The van der Waals surface area contributed by atoms with Gasteiger partial charge in [0, 0.05) is 34.8 Å². The van der Waals surface area contributed by atoms with Crippen molar-refractivity contribution in [2.24, 2.45) is 7.05 Å². The number of halogens is 1. The molecule has 1 N–H and O–H groups in total. The molecule has 1 aromatic heterocycles. The molecule has 0 fully saturated rings. The lowest BCUT2D eigenvalue weighted by atomic mass is 10.2. The normalized spacial score (nSPS) is 12.6. The van der Waals surface area contributed by atoms with Crippen LogP contribution in [-0.2, 0) is 13.5 Å². The number of aromatic nitrogens is 3. The van der Waals surface area contributed by atoms with E-state index in [0.717, 1.165) is 15.1 Å². The first-order valence-electron chi connectivity index (χ1n) is 5.55. The van der Waals surface area contributed by atoms with Crippen molar-refractivity contribution in [2.45, 2.75) is 17.4 Å². The summed E-state index contributed by atoms with van der Waals surface area (Å²) in [6.07, 6.45) is 1.96. The topological polar surface area (TPSA) is 50.9 Å². The van der Waals surface area contributed by atoms with Crippen molar-refractivity contribution < 1.29 is 5.11 Å². The SMILES string of the molecule is Cn1cc(CC(O)CSc2ccc(Br)cc2)nn1. The molecule has 4 nitrogen and oxygen atoms in total. The summed E-state index contributed by atoms with van der Waals surface area (Å²) in [4.78, 5) is 1.15. The number of rotatable bonds is 5. The van der Waals surface area contributed by atoms with Gasteiger partial charge >= 0.3 is 0 Å². The number of aryl methyl sites for hydroxylation is 1. The van der Waals surface area contributed by atoms with Gasteiger partial charge in [-0.05, 0) is 24.3 Å². The van der Waals surface area contributed by atoms with E-state index in [9.17, 15) is 5.11 Å². The first-order chi connectivity index (χ1) is 8.63. The van der Waals surface area contributed by atoms with Crippen LogP contribution in [0.2, 0.25) is 0 Å². The van der Waals surface area contributed by atoms with Crippen LogP contribution >= 0.6 is 27.7 Å². The third-order valence-electron chi connectivity index (χ3n) is 2.35. The highest BCUT2D eigenvalue weighted by Gasteiger charge is 2.09. The van der Waals surface area contributed by atoms with Gasteiger partial charge in [-0.15, -0.1) is 16.9 Å². The van der Waals surface area contributed by atoms with Crippen LogP contribution < -0.4 is 0 Å². The van der Waals surface area contributed by atoms with Crippen LogP contribution in [0.25, 0.3) is 0 Å². The highest BCUT2D eigenvalue weighted by atomic mass is 79.9. The highest BCUT2D eigenvalue weighted by Crippen LogP contribution is 2.21. The summed E-state index contributed by atoms with van der Waals surface area (Å²) in [5, 5.41) is 17.7. The lowest BCUT2D eigenvalue weighted by Gasteiger charge is -2.08. The Labute approximate surface area is 119 Å². The zero-order valence-corrected chi connectivity index (χ0v) is 12.4. The Morgan fingerprint density at radius 1 is 1.39 bits per heavy atom. The van der Waals surface area contributed by atoms with Gasteiger partial charge in [-0.25, -0.2) is 0 Å². The highest BCUT2D eigenvalue weighted by molar-refractivity contribution is 9.10. The minimum Gasteiger partial charge on any atom is -0.392 e. The average molecular weight is 328 g/mol. The molecule has 0 spiro atoms. The van der Waals surface area contributed by atoms with Gasteiger partial charge in [-0.2, -0.15) is 0 Å². The summed E-state index contributed by atoms with van der Waals surface area (Å²) in [7, 11) is 1.82. The van der Waals surface area contributed by atoms with Gasteiger partial charge < -0.3 is 5.11 Å². The fraction of sp³-hybridized carbons (Fsp3) is 0.333. The van der Waals surface area contributed by atoms with Crippen molar-refractivity contribution in [3.8, 4) is 0 Å². The van der Waals surface area contributed by atoms with E-state index in [0.29, 0.717) is 12.2 Å². The van der Waals surface area contributed by atoms with Crippen molar-refractivity contribution >= 4 is 27.7 Å². The molecule has 1 aromatic carbocycles. The van der Waals surface area contributed by atoms with Gasteiger partial charge in [0.25, 0.3) is 0 Å². The molecule has 0 radical (unpaired) electrons. The Bertz CT molecular complexity index is 500. The zero-order valence-electron chi connectivity index (χ0n) is 9.95. The van der Waals surface area contributed by atoms with Crippen molar-refractivity contribution in [3.63, 3.8) is 0 Å². The van der Waals surface area contributed by atoms with Crippen LogP contribution in [0.5, 0.6) is 0 Å². The van der Waals surface area contributed by atoms with E-state index < -0.39 is 6.10 Å². The number of aliphatic hydroxyl groups excluding tert-OH is 1. The third kappa shape index (κ3) is 4.12. The molecule has 1 atom stereocenters. The van der Waals surface area contributed by atoms with Crippen molar-refractivity contribution in [3.05, 3.63) is 40.6 Å². The fourth-order valence-electron chi connectivity index (χ4n) is 1.51. The fourth-order valence-corrected chi connectivity index (χ4v) is 2.61. The summed E-state index contributed by atoms with van der Waals surface area (Å²) in [5.74, 6) is 0.651. The molecule has 18 heavy (non-hydrogen) atoms. The smallest absolute Gasteiger partial charge is 0.0853 e. The van der Waals surface area contributed by atoms with E-state index in [4.69, 9.17) is 0 Å². The molecule has 1 unspecified atom stereocenters. The number of benzene rings is 1. The first-order valence-corrected chi connectivity index (χ1v) is 7.33. The predicted octanol–water partition coefficient (Wildman–Crippen LogP) is 2.27. The zero-order chi connectivity index (χ0) is 13.0. The van der Waals surface area contributed by atoms with Crippen LogP contribution in [0, 0.1) is 0 Å². The van der Waals surface area contributed by atoms with E-state index in [-0.39, 0.29) is 0 Å². The van der Waals surface area contributed by atoms with E-state index in [1.54, 1.807) is 16.4 Å². The van der Waals surface area contributed by atoms with Gasteiger partial charge in [0.2, 0.25) is 0 Å². The quantitative estimate of drug-likeness (QED) is 0.856. The summed E-state index contributed by atoms with van der Waals surface area (Å²) < 4.78 is 2.70. The Balaban J connectivity index is 1.81. The minimum absolute atomic E-state index is 0.407. The molecule has 0 saturated carbocycles. The number of hydrogen-bond acceptors (Lipinski definition) is 4. The second kappa shape index (κ2) is 6.36. The summed E-state index contributed by atoms with van der Waals surface area (Å²) in [5.41, 5.74) is 0.821.